The fourth-order valence-electron chi connectivity index (χ4n) is 2.77. The zero-order valence-corrected chi connectivity index (χ0v) is 17.1. The van der Waals surface area contributed by atoms with Crippen LogP contribution in [0.1, 0.15) is 19.4 Å². The molecule has 0 saturated carbocycles. The normalized spacial score (nSPS) is 10.6. The molecule has 0 fully saturated rings. The van der Waals surface area contributed by atoms with Crippen LogP contribution in [0, 0.1) is 5.92 Å². The molecule has 1 N–H and O–H groups in total. The number of nitrogens with one attached hydrogen (secondary N) is 1. The van der Waals surface area contributed by atoms with E-state index in [1.165, 1.54) is 0 Å². The number of hydrogen-bond donors (Lipinski definition) is 1. The summed E-state index contributed by atoms with van der Waals surface area (Å²) in [6.45, 7) is 6.69. The quantitative estimate of drug-likeness (QED) is 0.420. The summed E-state index contributed by atoms with van der Waals surface area (Å²) in [5.41, 5.74) is 2.14. The van der Waals surface area contributed by atoms with Gasteiger partial charge < -0.3 is 19.5 Å². The van der Waals surface area contributed by atoms with Crippen molar-refractivity contribution in [3.8, 4) is 17.2 Å². The second kappa shape index (κ2) is 11.0. The van der Waals surface area contributed by atoms with Crippen molar-refractivity contribution in [1.29, 1.82) is 0 Å². The van der Waals surface area contributed by atoms with Crippen LogP contribution in [0.3, 0.4) is 0 Å². The lowest BCUT2D eigenvalue weighted by Crippen LogP contribution is -2.09. The van der Waals surface area contributed by atoms with E-state index in [0.29, 0.717) is 32.3 Å². The SMILES string of the molecule is CC(C)COc1ccccc1NCc1cccc(OCCOc2ccccc2)c1. The van der Waals surface area contributed by atoms with Crippen LogP contribution in [0.2, 0.25) is 0 Å². The molecule has 3 aromatic rings. The van der Waals surface area contributed by atoms with Gasteiger partial charge in [0.25, 0.3) is 0 Å². The molecule has 0 bridgehead atoms. The van der Waals surface area contributed by atoms with Gasteiger partial charge in [0, 0.05) is 6.54 Å². The molecule has 0 aliphatic rings. The first-order valence-electron chi connectivity index (χ1n) is 10.1. The Balaban J connectivity index is 1.49. The van der Waals surface area contributed by atoms with Crippen molar-refractivity contribution in [2.45, 2.75) is 20.4 Å². The molecule has 4 heteroatoms. The minimum Gasteiger partial charge on any atom is -0.491 e. The van der Waals surface area contributed by atoms with Crippen molar-refractivity contribution in [2.24, 2.45) is 5.92 Å². The number of para-hydroxylation sites is 3. The maximum atomic E-state index is 5.91. The first-order valence-corrected chi connectivity index (χ1v) is 10.1. The summed E-state index contributed by atoms with van der Waals surface area (Å²) in [4.78, 5) is 0. The van der Waals surface area contributed by atoms with Gasteiger partial charge in [-0.15, -0.1) is 0 Å². The third-order valence-electron chi connectivity index (χ3n) is 4.20. The standard InChI is InChI=1S/C25H29NO3/c1-20(2)19-29-25-14-7-6-13-24(25)26-18-21-9-8-12-23(17-21)28-16-15-27-22-10-4-3-5-11-22/h3-14,17,20,26H,15-16,18-19H2,1-2H3. The van der Waals surface area contributed by atoms with Crippen LogP contribution in [0.25, 0.3) is 0 Å². The third kappa shape index (κ3) is 7.07. The van der Waals surface area contributed by atoms with E-state index < -0.39 is 0 Å². The largest absolute Gasteiger partial charge is 0.491 e. The van der Waals surface area contributed by atoms with Gasteiger partial charge in [0.05, 0.1) is 12.3 Å². The Kier molecular flexibility index (Phi) is 7.81. The zero-order valence-electron chi connectivity index (χ0n) is 17.1. The summed E-state index contributed by atoms with van der Waals surface area (Å²) in [5, 5.41) is 3.46. The molecule has 0 saturated heterocycles. The van der Waals surface area contributed by atoms with Crippen molar-refractivity contribution in [2.75, 3.05) is 25.1 Å². The number of ether oxygens (including phenoxy) is 3. The molecule has 3 aromatic carbocycles. The molecular formula is C25H29NO3. The highest BCUT2D eigenvalue weighted by atomic mass is 16.5. The summed E-state index contributed by atoms with van der Waals surface area (Å²) in [6, 6.07) is 25.9. The van der Waals surface area contributed by atoms with E-state index in [-0.39, 0.29) is 0 Å². The zero-order chi connectivity index (χ0) is 20.3. The van der Waals surface area contributed by atoms with Gasteiger partial charge in [0.1, 0.15) is 30.5 Å². The summed E-state index contributed by atoms with van der Waals surface area (Å²) in [6.07, 6.45) is 0. The van der Waals surface area contributed by atoms with E-state index in [2.05, 4.69) is 25.2 Å². The molecule has 0 unspecified atom stereocenters. The fourth-order valence-corrected chi connectivity index (χ4v) is 2.77. The molecule has 29 heavy (non-hydrogen) atoms. The van der Waals surface area contributed by atoms with Gasteiger partial charge in [-0.3, -0.25) is 0 Å². The Morgan fingerprint density at radius 1 is 0.724 bits per heavy atom. The van der Waals surface area contributed by atoms with Gasteiger partial charge in [0.2, 0.25) is 0 Å². The van der Waals surface area contributed by atoms with Crippen LogP contribution in [-0.4, -0.2) is 19.8 Å². The molecule has 0 radical (unpaired) electrons. The van der Waals surface area contributed by atoms with E-state index in [1.54, 1.807) is 0 Å². The van der Waals surface area contributed by atoms with Crippen LogP contribution in [0.15, 0.2) is 78.9 Å². The Morgan fingerprint density at radius 3 is 2.21 bits per heavy atom. The van der Waals surface area contributed by atoms with Crippen LogP contribution in [0.5, 0.6) is 17.2 Å². The van der Waals surface area contributed by atoms with Crippen molar-refractivity contribution in [1.82, 2.24) is 0 Å². The van der Waals surface area contributed by atoms with Gasteiger partial charge >= 0.3 is 0 Å². The predicted molar refractivity (Wildman–Crippen MR) is 118 cm³/mol. The van der Waals surface area contributed by atoms with E-state index in [0.717, 1.165) is 28.5 Å². The Bertz CT molecular complexity index is 865. The molecule has 0 amide bonds. The number of hydrogen-bond acceptors (Lipinski definition) is 4. The van der Waals surface area contributed by atoms with Gasteiger partial charge in [-0.25, -0.2) is 0 Å². The van der Waals surface area contributed by atoms with Crippen molar-refractivity contribution in [3.63, 3.8) is 0 Å². The van der Waals surface area contributed by atoms with E-state index in [4.69, 9.17) is 14.2 Å². The second-order valence-electron chi connectivity index (χ2n) is 7.21. The Labute approximate surface area is 173 Å². The van der Waals surface area contributed by atoms with Crippen LogP contribution in [0.4, 0.5) is 5.69 Å². The van der Waals surface area contributed by atoms with Crippen molar-refractivity contribution >= 4 is 5.69 Å². The summed E-state index contributed by atoms with van der Waals surface area (Å²) < 4.78 is 17.4. The minimum absolute atomic E-state index is 0.489. The minimum atomic E-state index is 0.489. The molecule has 0 atom stereocenters. The van der Waals surface area contributed by atoms with Crippen LogP contribution in [-0.2, 0) is 6.54 Å². The average molecular weight is 392 g/mol. The van der Waals surface area contributed by atoms with Crippen molar-refractivity contribution < 1.29 is 14.2 Å². The lowest BCUT2D eigenvalue weighted by Gasteiger charge is -2.15. The lowest BCUT2D eigenvalue weighted by atomic mass is 10.2. The summed E-state index contributed by atoms with van der Waals surface area (Å²) >= 11 is 0. The number of rotatable bonds is 11. The van der Waals surface area contributed by atoms with E-state index in [1.807, 2.05) is 72.8 Å². The predicted octanol–water partition coefficient (Wildman–Crippen LogP) is 5.79. The highest BCUT2D eigenvalue weighted by molar-refractivity contribution is 5.56. The topological polar surface area (TPSA) is 39.7 Å². The monoisotopic (exact) mass is 391 g/mol. The molecule has 0 aliphatic carbocycles. The van der Waals surface area contributed by atoms with Gasteiger partial charge in [-0.1, -0.05) is 56.3 Å². The Morgan fingerprint density at radius 2 is 1.41 bits per heavy atom. The highest BCUT2D eigenvalue weighted by Crippen LogP contribution is 2.25. The second-order valence-corrected chi connectivity index (χ2v) is 7.21. The smallest absolute Gasteiger partial charge is 0.142 e. The molecule has 3 rings (SSSR count). The highest BCUT2D eigenvalue weighted by Gasteiger charge is 2.05. The summed E-state index contributed by atoms with van der Waals surface area (Å²) in [7, 11) is 0. The maximum absolute atomic E-state index is 5.91. The van der Waals surface area contributed by atoms with Gasteiger partial charge in [-0.2, -0.15) is 0 Å². The lowest BCUT2D eigenvalue weighted by molar-refractivity contribution is 0.217. The van der Waals surface area contributed by atoms with Gasteiger partial charge in [0.15, 0.2) is 0 Å². The van der Waals surface area contributed by atoms with Crippen LogP contribution >= 0.6 is 0 Å². The summed E-state index contributed by atoms with van der Waals surface area (Å²) in [5.74, 6) is 3.06. The first kappa shape index (κ1) is 20.6. The molecule has 0 aromatic heterocycles. The molecular weight excluding hydrogens is 362 g/mol. The molecule has 152 valence electrons. The average Bonchev–Trinajstić information content (AvgIpc) is 2.75. The number of benzene rings is 3. The van der Waals surface area contributed by atoms with E-state index in [9.17, 15) is 0 Å². The first-order chi connectivity index (χ1) is 14.2. The molecule has 0 heterocycles. The molecule has 4 nitrogen and oxygen atoms in total. The van der Waals surface area contributed by atoms with Crippen molar-refractivity contribution in [3.05, 3.63) is 84.4 Å². The number of anilines is 1. The fraction of sp³-hybridized carbons (Fsp3) is 0.280. The third-order valence-corrected chi connectivity index (χ3v) is 4.20. The molecule has 0 spiro atoms. The van der Waals surface area contributed by atoms with Crippen LogP contribution < -0.4 is 19.5 Å². The van der Waals surface area contributed by atoms with Gasteiger partial charge in [-0.05, 0) is 47.9 Å². The molecule has 0 aliphatic heterocycles. The van der Waals surface area contributed by atoms with E-state index >= 15 is 0 Å². The maximum Gasteiger partial charge on any atom is 0.142 e. The Hall–Kier alpha value is -3.14.